The molecule has 1 aliphatic rings. The van der Waals surface area contributed by atoms with E-state index in [1.165, 1.54) is 4.31 Å². The van der Waals surface area contributed by atoms with Crippen molar-refractivity contribution in [1.29, 1.82) is 0 Å². The molecule has 29 heavy (non-hydrogen) atoms. The summed E-state index contributed by atoms with van der Waals surface area (Å²) in [5.74, 6) is 2.92. The van der Waals surface area contributed by atoms with Crippen LogP contribution >= 0.6 is 0 Å². The molecule has 152 valence electrons. The molecule has 0 saturated carbocycles. The third-order valence-electron chi connectivity index (χ3n) is 4.94. The number of piperazine rings is 1. The molecule has 0 N–H and O–H groups in total. The molecule has 9 heteroatoms. The lowest BCUT2D eigenvalue weighted by Crippen LogP contribution is -2.49. The summed E-state index contributed by atoms with van der Waals surface area (Å²) in [6.07, 6.45) is 3.87. The highest BCUT2D eigenvalue weighted by Gasteiger charge is 2.29. The molecule has 0 amide bonds. The molecule has 0 atom stereocenters. The van der Waals surface area contributed by atoms with Gasteiger partial charge in [0, 0.05) is 44.6 Å². The Morgan fingerprint density at radius 2 is 1.55 bits per heavy atom. The van der Waals surface area contributed by atoms with Gasteiger partial charge in [0.25, 0.3) is 0 Å². The van der Waals surface area contributed by atoms with Gasteiger partial charge in [0.1, 0.15) is 23.2 Å². The zero-order valence-corrected chi connectivity index (χ0v) is 17.2. The van der Waals surface area contributed by atoms with Crippen LogP contribution in [0.1, 0.15) is 5.82 Å². The van der Waals surface area contributed by atoms with Crippen molar-refractivity contribution < 1.29 is 13.2 Å². The number of hydrogen-bond acceptors (Lipinski definition) is 6. The molecule has 0 aliphatic carbocycles. The van der Waals surface area contributed by atoms with E-state index in [1.54, 1.807) is 31.4 Å². The second-order valence-corrected chi connectivity index (χ2v) is 8.73. The standard InChI is InChI=1S/C20H23N5O3S/c1-16-21-19(23-9-3-4-10-23)15-20(22-16)24-11-13-25(14-12-24)29(26,27)18-7-5-17(28-2)6-8-18/h3-10,15H,11-14H2,1-2H3. The van der Waals surface area contributed by atoms with Crippen LogP contribution in [0, 0.1) is 6.92 Å². The van der Waals surface area contributed by atoms with Crippen molar-refractivity contribution in [2.24, 2.45) is 0 Å². The molecule has 0 spiro atoms. The van der Waals surface area contributed by atoms with Crippen LogP contribution in [-0.4, -0.2) is 60.5 Å². The number of aryl methyl sites for hydroxylation is 1. The summed E-state index contributed by atoms with van der Waals surface area (Å²) in [5.41, 5.74) is 0. The number of benzene rings is 1. The first kappa shape index (κ1) is 19.4. The van der Waals surface area contributed by atoms with E-state index in [2.05, 4.69) is 14.9 Å². The van der Waals surface area contributed by atoms with E-state index in [0.717, 1.165) is 11.6 Å². The predicted molar refractivity (Wildman–Crippen MR) is 110 cm³/mol. The Balaban J connectivity index is 1.49. The van der Waals surface area contributed by atoms with E-state index in [0.29, 0.717) is 37.8 Å². The third-order valence-corrected chi connectivity index (χ3v) is 6.85. The molecule has 1 aliphatic heterocycles. The highest BCUT2D eigenvalue weighted by Crippen LogP contribution is 2.23. The van der Waals surface area contributed by atoms with Gasteiger partial charge in [0.05, 0.1) is 12.0 Å². The van der Waals surface area contributed by atoms with E-state index in [1.807, 2.05) is 42.1 Å². The minimum Gasteiger partial charge on any atom is -0.497 e. The first-order chi connectivity index (χ1) is 14.0. The van der Waals surface area contributed by atoms with Gasteiger partial charge in [0.15, 0.2) is 0 Å². The van der Waals surface area contributed by atoms with Gasteiger partial charge in [0.2, 0.25) is 10.0 Å². The van der Waals surface area contributed by atoms with Gasteiger partial charge in [-0.1, -0.05) is 0 Å². The number of methoxy groups -OCH3 is 1. The molecule has 1 aromatic carbocycles. The summed E-state index contributed by atoms with van der Waals surface area (Å²) in [7, 11) is -1.98. The van der Waals surface area contributed by atoms with Crippen LogP contribution in [0.5, 0.6) is 5.75 Å². The lowest BCUT2D eigenvalue weighted by Gasteiger charge is -2.34. The SMILES string of the molecule is COc1ccc(S(=O)(=O)N2CCN(c3cc(-n4cccc4)nc(C)n3)CC2)cc1. The minimum atomic E-state index is -3.53. The van der Waals surface area contributed by atoms with Crippen LogP contribution in [0.3, 0.4) is 0 Å². The fraction of sp³-hybridized carbons (Fsp3) is 0.300. The average Bonchev–Trinajstić information content (AvgIpc) is 3.28. The Hall–Kier alpha value is -2.91. The Morgan fingerprint density at radius 3 is 2.17 bits per heavy atom. The lowest BCUT2D eigenvalue weighted by molar-refractivity contribution is 0.383. The van der Waals surface area contributed by atoms with Crippen molar-refractivity contribution in [2.45, 2.75) is 11.8 Å². The number of aromatic nitrogens is 3. The van der Waals surface area contributed by atoms with Crippen LogP contribution in [0.2, 0.25) is 0 Å². The first-order valence-corrected chi connectivity index (χ1v) is 10.8. The molecule has 4 rings (SSSR count). The van der Waals surface area contributed by atoms with Gasteiger partial charge < -0.3 is 14.2 Å². The average molecular weight is 414 g/mol. The number of rotatable bonds is 5. The Morgan fingerprint density at radius 1 is 0.931 bits per heavy atom. The quantitative estimate of drug-likeness (QED) is 0.637. The number of sulfonamides is 1. The summed E-state index contributed by atoms with van der Waals surface area (Å²) in [4.78, 5) is 11.4. The Bertz CT molecular complexity index is 1070. The van der Waals surface area contributed by atoms with E-state index >= 15 is 0 Å². The molecule has 0 radical (unpaired) electrons. The van der Waals surface area contributed by atoms with Gasteiger partial charge >= 0.3 is 0 Å². The molecule has 1 fully saturated rings. The molecular weight excluding hydrogens is 390 g/mol. The van der Waals surface area contributed by atoms with Gasteiger partial charge in [-0.3, -0.25) is 0 Å². The van der Waals surface area contributed by atoms with E-state index in [9.17, 15) is 8.42 Å². The first-order valence-electron chi connectivity index (χ1n) is 9.35. The zero-order valence-electron chi connectivity index (χ0n) is 16.4. The van der Waals surface area contributed by atoms with Crippen LogP contribution in [0.25, 0.3) is 5.82 Å². The van der Waals surface area contributed by atoms with E-state index in [4.69, 9.17) is 4.74 Å². The fourth-order valence-corrected chi connectivity index (χ4v) is 4.79. The van der Waals surface area contributed by atoms with Crippen molar-refractivity contribution in [1.82, 2.24) is 18.8 Å². The van der Waals surface area contributed by atoms with E-state index in [-0.39, 0.29) is 4.90 Å². The summed E-state index contributed by atoms with van der Waals surface area (Å²) < 4.78 is 34.4. The van der Waals surface area contributed by atoms with Gasteiger partial charge in [-0.05, 0) is 43.3 Å². The highest BCUT2D eigenvalue weighted by atomic mass is 32.2. The Kier molecular flexibility index (Phi) is 5.25. The monoisotopic (exact) mass is 413 g/mol. The van der Waals surface area contributed by atoms with Crippen molar-refractivity contribution in [2.75, 3.05) is 38.2 Å². The maximum atomic E-state index is 12.9. The zero-order chi connectivity index (χ0) is 20.4. The van der Waals surface area contributed by atoms with Crippen molar-refractivity contribution in [3.05, 3.63) is 60.7 Å². The number of anilines is 1. The van der Waals surface area contributed by atoms with Gasteiger partial charge in [-0.2, -0.15) is 4.31 Å². The summed E-state index contributed by atoms with van der Waals surface area (Å²) in [5, 5.41) is 0. The third kappa shape index (κ3) is 3.96. The van der Waals surface area contributed by atoms with Gasteiger partial charge in [-0.15, -0.1) is 0 Å². The fourth-order valence-electron chi connectivity index (χ4n) is 3.37. The largest absolute Gasteiger partial charge is 0.497 e. The summed E-state index contributed by atoms with van der Waals surface area (Å²) in [6.45, 7) is 3.79. The molecule has 8 nitrogen and oxygen atoms in total. The maximum absolute atomic E-state index is 12.9. The normalized spacial score (nSPS) is 15.4. The van der Waals surface area contributed by atoms with E-state index < -0.39 is 10.0 Å². The second-order valence-electron chi connectivity index (χ2n) is 6.79. The molecular formula is C20H23N5O3S. The van der Waals surface area contributed by atoms with Crippen LogP contribution < -0.4 is 9.64 Å². The molecule has 1 saturated heterocycles. The van der Waals surface area contributed by atoms with Gasteiger partial charge in [-0.25, -0.2) is 18.4 Å². The topological polar surface area (TPSA) is 80.6 Å². The summed E-state index contributed by atoms with van der Waals surface area (Å²) >= 11 is 0. The second kappa shape index (κ2) is 7.84. The van der Waals surface area contributed by atoms with Crippen LogP contribution in [0.15, 0.2) is 59.8 Å². The predicted octanol–water partition coefficient (Wildman–Crippen LogP) is 2.10. The molecule has 3 heterocycles. The van der Waals surface area contributed by atoms with Crippen LogP contribution in [-0.2, 0) is 10.0 Å². The van der Waals surface area contributed by atoms with Crippen LogP contribution in [0.4, 0.5) is 5.82 Å². The highest BCUT2D eigenvalue weighted by molar-refractivity contribution is 7.89. The maximum Gasteiger partial charge on any atom is 0.243 e. The number of ether oxygens (including phenoxy) is 1. The minimum absolute atomic E-state index is 0.277. The molecule has 3 aromatic rings. The molecule has 0 unspecified atom stereocenters. The lowest BCUT2D eigenvalue weighted by atomic mass is 10.3. The number of hydrogen-bond donors (Lipinski definition) is 0. The molecule has 2 aromatic heterocycles. The summed E-state index contributed by atoms with van der Waals surface area (Å²) in [6, 6.07) is 12.3. The van der Waals surface area contributed by atoms with Crippen molar-refractivity contribution in [3.8, 4) is 11.6 Å². The smallest absolute Gasteiger partial charge is 0.243 e. The Labute approximate surface area is 170 Å². The van der Waals surface area contributed by atoms with Crippen molar-refractivity contribution in [3.63, 3.8) is 0 Å². The van der Waals surface area contributed by atoms with Crippen molar-refractivity contribution >= 4 is 15.8 Å². The molecule has 0 bridgehead atoms. The number of nitrogens with zero attached hydrogens (tertiary/aromatic N) is 5.